The minimum Gasteiger partial charge on any atom is -0.391 e. The summed E-state index contributed by atoms with van der Waals surface area (Å²) in [7, 11) is 0. The smallest absolute Gasteiger partial charge is 0.233 e. The number of nitrogens with two attached hydrogens (primary N) is 1. The number of fused-ring (bicyclic) bond motifs is 1. The molecule has 1 aliphatic carbocycles. The van der Waals surface area contributed by atoms with Gasteiger partial charge < -0.3 is 5.73 Å². The van der Waals surface area contributed by atoms with Gasteiger partial charge in [0, 0.05) is 0 Å². The van der Waals surface area contributed by atoms with Crippen molar-refractivity contribution < 1.29 is 9.59 Å². The third kappa shape index (κ3) is 1.59. The van der Waals surface area contributed by atoms with Crippen LogP contribution in [0.15, 0.2) is 0 Å². The highest BCUT2D eigenvalue weighted by molar-refractivity contribution is 7.80. The van der Waals surface area contributed by atoms with Crippen molar-refractivity contribution in [3.05, 3.63) is 0 Å². The number of likely N-dealkylation sites (tertiary alicyclic amines) is 1. The van der Waals surface area contributed by atoms with Crippen molar-refractivity contribution in [2.24, 2.45) is 17.6 Å². The van der Waals surface area contributed by atoms with Crippen LogP contribution in [0.2, 0.25) is 0 Å². The molecule has 94 valence electrons. The van der Waals surface area contributed by atoms with E-state index in [1.54, 1.807) is 6.92 Å². The lowest BCUT2D eigenvalue weighted by molar-refractivity contribution is -0.144. The maximum atomic E-state index is 12.3. The summed E-state index contributed by atoms with van der Waals surface area (Å²) >= 11 is 5.04. The first-order valence-electron chi connectivity index (χ1n) is 6.11. The predicted octanol–water partition coefficient (Wildman–Crippen LogP) is 1.23. The topological polar surface area (TPSA) is 63.4 Å². The molecule has 2 rings (SSSR count). The van der Waals surface area contributed by atoms with E-state index < -0.39 is 5.54 Å². The van der Waals surface area contributed by atoms with Crippen molar-refractivity contribution in [2.45, 2.75) is 45.1 Å². The fourth-order valence-corrected chi connectivity index (χ4v) is 3.16. The van der Waals surface area contributed by atoms with Crippen LogP contribution in [-0.2, 0) is 9.59 Å². The number of thiocarbonyl (C=S) groups is 1. The van der Waals surface area contributed by atoms with Gasteiger partial charge in [0.05, 0.1) is 22.4 Å². The van der Waals surface area contributed by atoms with E-state index in [4.69, 9.17) is 18.0 Å². The van der Waals surface area contributed by atoms with E-state index in [0.717, 1.165) is 19.3 Å². The number of carbonyl (C=O) groups excluding carboxylic acids is 2. The number of rotatable bonds is 3. The molecule has 0 aromatic rings. The molecular formula is C12H18N2O2S. The Hall–Kier alpha value is -0.970. The highest BCUT2D eigenvalue weighted by Crippen LogP contribution is 2.43. The van der Waals surface area contributed by atoms with E-state index >= 15 is 0 Å². The molecule has 0 aromatic heterocycles. The zero-order valence-corrected chi connectivity index (χ0v) is 11.0. The van der Waals surface area contributed by atoms with Gasteiger partial charge >= 0.3 is 0 Å². The summed E-state index contributed by atoms with van der Waals surface area (Å²) in [5, 5.41) is 0. The molecule has 2 fully saturated rings. The Kier molecular flexibility index (Phi) is 2.97. The molecule has 0 spiro atoms. The first-order chi connectivity index (χ1) is 7.93. The molecule has 0 bridgehead atoms. The number of amides is 2. The minimum atomic E-state index is -0.798. The Morgan fingerprint density at radius 3 is 2.24 bits per heavy atom. The third-order valence-electron chi connectivity index (χ3n) is 4.30. The molecular weight excluding hydrogens is 236 g/mol. The van der Waals surface area contributed by atoms with E-state index in [-0.39, 0.29) is 28.6 Å². The maximum absolute atomic E-state index is 12.3. The summed E-state index contributed by atoms with van der Waals surface area (Å²) in [4.78, 5) is 26.2. The van der Waals surface area contributed by atoms with E-state index in [2.05, 4.69) is 0 Å². The van der Waals surface area contributed by atoms with Gasteiger partial charge in [-0.1, -0.05) is 25.6 Å². The van der Waals surface area contributed by atoms with Gasteiger partial charge in [0.2, 0.25) is 11.8 Å². The van der Waals surface area contributed by atoms with Crippen LogP contribution < -0.4 is 5.73 Å². The molecule has 1 aliphatic heterocycles. The molecule has 1 saturated carbocycles. The van der Waals surface area contributed by atoms with E-state index in [1.165, 1.54) is 4.90 Å². The van der Waals surface area contributed by atoms with Crippen molar-refractivity contribution in [1.29, 1.82) is 0 Å². The van der Waals surface area contributed by atoms with Crippen molar-refractivity contribution >= 4 is 29.0 Å². The van der Waals surface area contributed by atoms with Crippen LogP contribution in [0.4, 0.5) is 0 Å². The molecule has 2 amide bonds. The summed E-state index contributed by atoms with van der Waals surface area (Å²) in [6.07, 6.45) is 3.18. The molecule has 0 aromatic carbocycles. The van der Waals surface area contributed by atoms with Crippen molar-refractivity contribution in [3.63, 3.8) is 0 Å². The van der Waals surface area contributed by atoms with Crippen LogP contribution >= 0.6 is 12.2 Å². The number of hydrogen-bond donors (Lipinski definition) is 1. The van der Waals surface area contributed by atoms with Gasteiger partial charge in [0.25, 0.3) is 0 Å². The Balaban J connectivity index is 2.37. The van der Waals surface area contributed by atoms with Gasteiger partial charge in [-0.2, -0.15) is 0 Å². The van der Waals surface area contributed by atoms with Crippen LogP contribution in [-0.4, -0.2) is 27.2 Å². The summed E-state index contributed by atoms with van der Waals surface area (Å²) < 4.78 is 0. The summed E-state index contributed by atoms with van der Waals surface area (Å²) in [6, 6.07) is 0. The highest BCUT2D eigenvalue weighted by atomic mass is 32.1. The average molecular weight is 254 g/mol. The van der Waals surface area contributed by atoms with Gasteiger partial charge in [0.15, 0.2) is 0 Å². The Morgan fingerprint density at radius 2 is 1.88 bits per heavy atom. The number of nitrogens with zero attached hydrogens (tertiary/aromatic N) is 1. The first-order valence-corrected chi connectivity index (χ1v) is 6.52. The lowest BCUT2D eigenvalue weighted by Crippen LogP contribution is -2.57. The lowest BCUT2D eigenvalue weighted by atomic mass is 9.96. The Labute approximate surface area is 107 Å². The van der Waals surface area contributed by atoms with Gasteiger partial charge in [-0.05, 0) is 26.2 Å². The molecule has 5 heteroatoms. The average Bonchev–Trinajstić information content (AvgIpc) is 2.83. The molecule has 2 N–H and O–H groups in total. The van der Waals surface area contributed by atoms with Crippen molar-refractivity contribution in [1.82, 2.24) is 4.90 Å². The number of carbonyl (C=O) groups is 2. The molecule has 4 nitrogen and oxygen atoms in total. The number of hydrogen-bond acceptors (Lipinski definition) is 3. The van der Waals surface area contributed by atoms with Crippen LogP contribution in [0.5, 0.6) is 0 Å². The monoisotopic (exact) mass is 254 g/mol. The molecule has 3 atom stereocenters. The van der Waals surface area contributed by atoms with Crippen molar-refractivity contribution in [2.75, 3.05) is 0 Å². The standard InChI is InChI=1S/C12H18N2O2S/c1-3-12(2,11(13)17)14-9(15)7-5-4-6-8(7)10(14)16/h7-8H,3-6H2,1-2H3,(H2,13,17). The van der Waals surface area contributed by atoms with Crippen LogP contribution in [0.3, 0.4) is 0 Å². The van der Waals surface area contributed by atoms with Gasteiger partial charge in [-0.15, -0.1) is 0 Å². The lowest BCUT2D eigenvalue weighted by Gasteiger charge is -2.36. The van der Waals surface area contributed by atoms with E-state index in [9.17, 15) is 9.59 Å². The molecule has 3 unspecified atom stereocenters. The zero-order chi connectivity index (χ0) is 12.8. The molecule has 0 radical (unpaired) electrons. The van der Waals surface area contributed by atoms with Crippen LogP contribution in [0.25, 0.3) is 0 Å². The normalized spacial score (nSPS) is 31.5. The van der Waals surface area contributed by atoms with Crippen molar-refractivity contribution in [3.8, 4) is 0 Å². The quantitative estimate of drug-likeness (QED) is 0.607. The zero-order valence-electron chi connectivity index (χ0n) is 10.2. The third-order valence-corrected chi connectivity index (χ3v) is 4.74. The maximum Gasteiger partial charge on any atom is 0.233 e. The Morgan fingerprint density at radius 1 is 1.41 bits per heavy atom. The summed E-state index contributed by atoms with van der Waals surface area (Å²) in [5.74, 6) is -0.394. The minimum absolute atomic E-state index is 0.0744. The summed E-state index contributed by atoms with van der Waals surface area (Å²) in [5.41, 5.74) is 4.92. The van der Waals surface area contributed by atoms with E-state index in [1.807, 2.05) is 6.92 Å². The highest BCUT2D eigenvalue weighted by Gasteiger charge is 2.55. The molecule has 17 heavy (non-hydrogen) atoms. The number of imide groups is 1. The fourth-order valence-electron chi connectivity index (χ4n) is 2.92. The van der Waals surface area contributed by atoms with Gasteiger partial charge in [0.1, 0.15) is 0 Å². The van der Waals surface area contributed by atoms with Crippen LogP contribution in [0.1, 0.15) is 39.5 Å². The Bertz CT molecular complexity index is 374. The SMILES string of the molecule is CCC(C)(C(N)=S)N1C(=O)C2CCCC2C1=O. The van der Waals surface area contributed by atoms with Gasteiger partial charge in [-0.3, -0.25) is 14.5 Å². The predicted molar refractivity (Wildman–Crippen MR) is 68.2 cm³/mol. The second kappa shape index (κ2) is 4.05. The molecule has 1 heterocycles. The fraction of sp³-hybridized carbons (Fsp3) is 0.750. The second-order valence-electron chi connectivity index (χ2n) is 5.15. The summed E-state index contributed by atoms with van der Waals surface area (Å²) in [6.45, 7) is 3.68. The van der Waals surface area contributed by atoms with E-state index in [0.29, 0.717) is 6.42 Å². The first kappa shape index (κ1) is 12.5. The van der Waals surface area contributed by atoms with Crippen LogP contribution in [0, 0.1) is 11.8 Å². The second-order valence-corrected chi connectivity index (χ2v) is 5.59. The van der Waals surface area contributed by atoms with Gasteiger partial charge in [-0.25, -0.2) is 0 Å². The molecule has 2 aliphatic rings. The largest absolute Gasteiger partial charge is 0.391 e. The molecule has 1 saturated heterocycles.